The summed E-state index contributed by atoms with van der Waals surface area (Å²) in [5, 5.41) is 2.75. The van der Waals surface area contributed by atoms with Gasteiger partial charge in [-0.2, -0.15) is 0 Å². The smallest absolute Gasteiger partial charge is 0.308 e. The van der Waals surface area contributed by atoms with E-state index in [1.54, 1.807) is 28.8 Å². The number of hydrogen-bond donors (Lipinski definition) is 1. The maximum Gasteiger partial charge on any atom is 0.308 e. The van der Waals surface area contributed by atoms with E-state index in [1.807, 2.05) is 39.8 Å². The molecule has 1 aromatic heterocycles. The largest absolute Gasteiger partial charge is 0.324 e. The summed E-state index contributed by atoms with van der Waals surface area (Å²) in [5.74, 6) is -0.463. The molecule has 0 aliphatic carbocycles. The lowest BCUT2D eigenvalue weighted by atomic mass is 10.1. The predicted molar refractivity (Wildman–Crippen MR) is 123 cm³/mol. The number of benzene rings is 2. The topological polar surface area (TPSA) is 88.5 Å². The van der Waals surface area contributed by atoms with Gasteiger partial charge in [0.15, 0.2) is 0 Å². The Bertz CT molecular complexity index is 1270. The zero-order valence-electron chi connectivity index (χ0n) is 17.6. The first-order valence-corrected chi connectivity index (χ1v) is 12.1. The van der Waals surface area contributed by atoms with Crippen molar-refractivity contribution in [2.45, 2.75) is 33.7 Å². The number of thiazole rings is 1. The fraction of sp³-hybridized carbons (Fsp3) is 0.333. The molecule has 0 spiro atoms. The Morgan fingerprint density at radius 3 is 2.47 bits per heavy atom. The predicted octanol–water partition coefficient (Wildman–Crippen LogP) is 3.67. The second-order valence-corrected chi connectivity index (χ2v) is 10.5. The summed E-state index contributed by atoms with van der Waals surface area (Å²) in [5.41, 5.74) is 3.58. The van der Waals surface area contributed by atoms with Crippen molar-refractivity contribution in [3.05, 3.63) is 57.2 Å². The van der Waals surface area contributed by atoms with Crippen molar-refractivity contribution in [3.8, 4) is 0 Å². The highest BCUT2D eigenvalue weighted by molar-refractivity contribution is 7.92. The van der Waals surface area contributed by atoms with E-state index in [4.69, 9.17) is 0 Å². The van der Waals surface area contributed by atoms with Gasteiger partial charge in [-0.3, -0.25) is 18.5 Å². The van der Waals surface area contributed by atoms with Gasteiger partial charge in [0.2, 0.25) is 15.9 Å². The van der Waals surface area contributed by atoms with Gasteiger partial charge in [0.1, 0.15) is 6.54 Å². The fourth-order valence-corrected chi connectivity index (χ4v) is 5.37. The molecule has 0 unspecified atom stereocenters. The average molecular weight is 448 g/mol. The number of aromatic nitrogens is 1. The molecule has 2 aromatic carbocycles. The number of carbonyl (C=O) groups is 1. The van der Waals surface area contributed by atoms with Crippen LogP contribution in [0.1, 0.15) is 31.0 Å². The van der Waals surface area contributed by atoms with E-state index in [0.717, 1.165) is 43.2 Å². The van der Waals surface area contributed by atoms with Crippen molar-refractivity contribution in [1.82, 2.24) is 4.57 Å². The van der Waals surface area contributed by atoms with E-state index in [0.29, 0.717) is 11.4 Å². The van der Waals surface area contributed by atoms with Crippen LogP contribution in [-0.4, -0.2) is 31.7 Å². The third-order valence-corrected chi connectivity index (χ3v) is 6.77. The van der Waals surface area contributed by atoms with Gasteiger partial charge in [-0.05, 0) is 57.5 Å². The Morgan fingerprint density at radius 1 is 1.17 bits per heavy atom. The molecule has 1 N–H and O–H groups in total. The second-order valence-electron chi connectivity index (χ2n) is 7.62. The zero-order chi connectivity index (χ0) is 22.2. The molecule has 0 bridgehead atoms. The van der Waals surface area contributed by atoms with Crippen molar-refractivity contribution in [2.24, 2.45) is 0 Å². The fourth-order valence-electron chi connectivity index (χ4n) is 3.40. The van der Waals surface area contributed by atoms with Crippen LogP contribution in [0.25, 0.3) is 10.2 Å². The van der Waals surface area contributed by atoms with Crippen molar-refractivity contribution < 1.29 is 13.2 Å². The maximum absolute atomic E-state index is 12.7. The molecule has 3 rings (SSSR count). The average Bonchev–Trinajstić information content (AvgIpc) is 2.94. The molecular formula is C21H25N3O4S2. The molecule has 3 aromatic rings. The lowest BCUT2D eigenvalue weighted by Crippen LogP contribution is -2.37. The van der Waals surface area contributed by atoms with Gasteiger partial charge in [-0.15, -0.1) is 0 Å². The number of nitrogens with one attached hydrogen (secondary N) is 1. The molecule has 30 heavy (non-hydrogen) atoms. The van der Waals surface area contributed by atoms with E-state index in [1.165, 1.54) is 0 Å². The van der Waals surface area contributed by atoms with Crippen molar-refractivity contribution >= 4 is 48.9 Å². The van der Waals surface area contributed by atoms with Crippen LogP contribution in [0.5, 0.6) is 0 Å². The summed E-state index contributed by atoms with van der Waals surface area (Å²) in [6.07, 6.45) is 1.08. The minimum atomic E-state index is -3.66. The van der Waals surface area contributed by atoms with E-state index >= 15 is 0 Å². The van der Waals surface area contributed by atoms with Crippen molar-refractivity contribution in [2.75, 3.05) is 22.4 Å². The third kappa shape index (κ3) is 4.57. The van der Waals surface area contributed by atoms with Crippen LogP contribution < -0.4 is 14.5 Å². The van der Waals surface area contributed by atoms with Gasteiger partial charge < -0.3 is 5.32 Å². The van der Waals surface area contributed by atoms with Gasteiger partial charge >= 0.3 is 4.87 Å². The third-order valence-electron chi connectivity index (χ3n) is 4.72. The molecule has 0 fully saturated rings. The molecule has 1 heterocycles. The Kier molecular flexibility index (Phi) is 6.05. The quantitative estimate of drug-likeness (QED) is 0.624. The maximum atomic E-state index is 12.7. The lowest BCUT2D eigenvalue weighted by molar-refractivity contribution is -0.114. The van der Waals surface area contributed by atoms with Gasteiger partial charge in [0, 0.05) is 11.7 Å². The van der Waals surface area contributed by atoms with Gasteiger partial charge in [-0.1, -0.05) is 29.0 Å². The zero-order valence-corrected chi connectivity index (χ0v) is 19.2. The Labute approximate surface area is 180 Å². The highest BCUT2D eigenvalue weighted by Crippen LogP contribution is 2.26. The molecule has 1 amide bonds. The number of rotatable bonds is 6. The van der Waals surface area contributed by atoms with E-state index in [2.05, 4.69) is 5.32 Å². The number of carbonyl (C=O) groups excluding carboxylic acids is 1. The van der Waals surface area contributed by atoms with Crippen LogP contribution in [0.15, 0.2) is 41.2 Å². The van der Waals surface area contributed by atoms with Crippen LogP contribution >= 0.6 is 11.3 Å². The molecule has 0 saturated carbocycles. The van der Waals surface area contributed by atoms with E-state index in [9.17, 15) is 18.0 Å². The number of fused-ring (bicyclic) bond motifs is 1. The number of hydrogen-bond acceptors (Lipinski definition) is 5. The highest BCUT2D eigenvalue weighted by Gasteiger charge is 2.22. The standard InChI is InChI=1S/C21H25N3O4S2/c1-13(2)24-18-9-7-16(11-19(18)29-21(24)26)22-20(25)12-23(30(5,27)28)17-8-6-14(3)10-15(17)4/h6-11,13H,12H2,1-5H3,(H,22,25). The number of amides is 1. The lowest BCUT2D eigenvalue weighted by Gasteiger charge is -2.24. The number of aryl methyl sites for hydroxylation is 2. The Hall–Kier alpha value is -2.65. The van der Waals surface area contributed by atoms with Crippen LogP contribution in [-0.2, 0) is 14.8 Å². The molecule has 0 radical (unpaired) electrons. The van der Waals surface area contributed by atoms with Crippen LogP contribution in [0.2, 0.25) is 0 Å². The minimum Gasteiger partial charge on any atom is -0.324 e. The summed E-state index contributed by atoms with van der Waals surface area (Å²) in [7, 11) is -3.66. The molecule has 160 valence electrons. The van der Waals surface area contributed by atoms with Gasteiger partial charge in [0.05, 0.1) is 22.2 Å². The highest BCUT2D eigenvalue weighted by atomic mass is 32.2. The summed E-state index contributed by atoms with van der Waals surface area (Å²) in [4.78, 5) is 24.8. The summed E-state index contributed by atoms with van der Waals surface area (Å²) < 4.78 is 28.3. The SMILES string of the molecule is Cc1ccc(N(CC(=O)Nc2ccc3c(c2)sc(=O)n3C(C)C)S(C)(=O)=O)c(C)c1. The van der Waals surface area contributed by atoms with Crippen LogP contribution in [0.4, 0.5) is 11.4 Å². The monoisotopic (exact) mass is 447 g/mol. The summed E-state index contributed by atoms with van der Waals surface area (Å²) >= 11 is 1.12. The van der Waals surface area contributed by atoms with E-state index < -0.39 is 15.9 Å². The second kappa shape index (κ2) is 8.23. The first-order valence-electron chi connectivity index (χ1n) is 9.47. The van der Waals surface area contributed by atoms with Gasteiger partial charge in [-0.25, -0.2) is 8.42 Å². The molecule has 0 aliphatic heterocycles. The summed E-state index contributed by atoms with van der Waals surface area (Å²) in [6, 6.07) is 10.7. The molecule has 0 atom stereocenters. The molecule has 9 heteroatoms. The number of nitrogens with zero attached hydrogens (tertiary/aromatic N) is 2. The Morgan fingerprint density at radius 2 is 1.87 bits per heavy atom. The summed E-state index contributed by atoms with van der Waals surface area (Å²) in [6.45, 7) is 7.27. The molecule has 7 nitrogen and oxygen atoms in total. The minimum absolute atomic E-state index is 0.0350. The van der Waals surface area contributed by atoms with Crippen molar-refractivity contribution in [3.63, 3.8) is 0 Å². The van der Waals surface area contributed by atoms with Gasteiger partial charge in [0.25, 0.3) is 0 Å². The molecule has 0 saturated heterocycles. The first-order chi connectivity index (χ1) is 14.0. The first kappa shape index (κ1) is 22.0. The molecule has 0 aliphatic rings. The molecular weight excluding hydrogens is 422 g/mol. The van der Waals surface area contributed by atoms with Crippen LogP contribution in [0, 0.1) is 13.8 Å². The van der Waals surface area contributed by atoms with E-state index in [-0.39, 0.29) is 17.5 Å². The number of sulfonamides is 1. The van der Waals surface area contributed by atoms with Crippen LogP contribution in [0.3, 0.4) is 0 Å². The number of anilines is 2. The Balaban J connectivity index is 1.86. The normalized spacial score (nSPS) is 11.8. The van der Waals surface area contributed by atoms with Crippen molar-refractivity contribution in [1.29, 1.82) is 0 Å².